The second-order valence-electron chi connectivity index (χ2n) is 6.48. The first-order chi connectivity index (χ1) is 11.4. The summed E-state index contributed by atoms with van der Waals surface area (Å²) in [5.41, 5.74) is 2.78. The Hall–Kier alpha value is -1.93. The van der Waals surface area contributed by atoms with Crippen LogP contribution in [0.25, 0.3) is 0 Å². The first-order valence-electron chi connectivity index (χ1n) is 8.64. The summed E-state index contributed by atoms with van der Waals surface area (Å²) in [5.74, 6) is 0.728. The van der Waals surface area contributed by atoms with E-state index in [0.717, 1.165) is 45.2 Å². The lowest BCUT2D eigenvalue weighted by Gasteiger charge is -2.31. The molecule has 0 amide bonds. The van der Waals surface area contributed by atoms with Crippen LogP contribution in [0.5, 0.6) is 0 Å². The van der Waals surface area contributed by atoms with E-state index >= 15 is 0 Å². The Balaban J connectivity index is 1.67. The minimum Gasteiger partial charge on any atom is -0.303 e. The molecule has 1 aliphatic rings. The molecule has 0 saturated carbocycles. The Kier molecular flexibility index (Phi) is 5.60. The third kappa shape index (κ3) is 4.29. The average molecular weight is 307 g/mol. The molecule has 1 saturated heterocycles. The second kappa shape index (κ2) is 8.07. The molecule has 0 unspecified atom stereocenters. The molecular formula is C21H25NO. The monoisotopic (exact) mass is 307 g/mol. The molecule has 2 nitrogen and oxygen atoms in total. The largest absolute Gasteiger partial charge is 0.303 e. The zero-order valence-electron chi connectivity index (χ0n) is 13.6. The summed E-state index contributed by atoms with van der Waals surface area (Å²) in [6.45, 7) is 3.21. The molecular weight excluding hydrogens is 282 g/mol. The van der Waals surface area contributed by atoms with E-state index in [1.165, 1.54) is 11.1 Å². The van der Waals surface area contributed by atoms with Crippen LogP contribution in [0.3, 0.4) is 0 Å². The van der Waals surface area contributed by atoms with Crippen molar-refractivity contribution in [3.8, 4) is 0 Å². The molecule has 2 aromatic rings. The number of piperidine rings is 1. The molecule has 3 rings (SSSR count). The smallest absolute Gasteiger partial charge is 0.123 e. The fourth-order valence-corrected chi connectivity index (χ4v) is 3.52. The summed E-state index contributed by atoms with van der Waals surface area (Å²) in [5, 5.41) is 0. The highest BCUT2D eigenvalue weighted by atomic mass is 16.1. The summed E-state index contributed by atoms with van der Waals surface area (Å²) >= 11 is 0. The Morgan fingerprint density at radius 3 is 1.91 bits per heavy atom. The number of aldehydes is 1. The molecule has 2 heteroatoms. The minimum atomic E-state index is 0.283. The van der Waals surface area contributed by atoms with Gasteiger partial charge in [-0.2, -0.15) is 0 Å². The average Bonchev–Trinajstić information content (AvgIpc) is 2.64. The van der Waals surface area contributed by atoms with E-state index < -0.39 is 0 Å². The lowest BCUT2D eigenvalue weighted by molar-refractivity contribution is -0.112. The number of carbonyl (C=O) groups is 1. The van der Waals surface area contributed by atoms with E-state index in [0.29, 0.717) is 5.92 Å². The molecule has 1 aliphatic heterocycles. The van der Waals surface area contributed by atoms with Crippen LogP contribution in [0.2, 0.25) is 0 Å². The fraction of sp³-hybridized carbons (Fsp3) is 0.381. The maximum atomic E-state index is 10.9. The number of hydrogen-bond donors (Lipinski definition) is 0. The molecule has 0 bridgehead atoms. The Bertz CT molecular complexity index is 548. The lowest BCUT2D eigenvalue weighted by atomic mass is 9.88. The standard InChI is InChI=1S/C21H25NO/c23-17-18-11-14-22(15-12-18)16-13-21(19-7-3-1-4-8-19)20-9-5-2-6-10-20/h1-10,17-18,21H,11-16H2. The molecule has 1 fully saturated rings. The van der Waals surface area contributed by atoms with E-state index in [9.17, 15) is 4.79 Å². The highest BCUT2D eigenvalue weighted by Gasteiger charge is 2.20. The van der Waals surface area contributed by atoms with Crippen molar-refractivity contribution in [2.24, 2.45) is 5.92 Å². The van der Waals surface area contributed by atoms with E-state index in [-0.39, 0.29) is 5.92 Å². The molecule has 0 N–H and O–H groups in total. The zero-order valence-corrected chi connectivity index (χ0v) is 13.6. The highest BCUT2D eigenvalue weighted by Crippen LogP contribution is 2.28. The van der Waals surface area contributed by atoms with Gasteiger partial charge in [0, 0.05) is 11.8 Å². The first-order valence-corrected chi connectivity index (χ1v) is 8.64. The number of rotatable bonds is 6. The van der Waals surface area contributed by atoms with Gasteiger partial charge in [-0.1, -0.05) is 60.7 Å². The third-order valence-corrected chi connectivity index (χ3v) is 4.96. The predicted molar refractivity (Wildman–Crippen MR) is 94.6 cm³/mol. The van der Waals surface area contributed by atoms with Gasteiger partial charge < -0.3 is 9.69 Å². The number of carbonyl (C=O) groups excluding carboxylic acids is 1. The van der Waals surface area contributed by atoms with Gasteiger partial charge in [-0.05, 0) is 50.0 Å². The summed E-state index contributed by atoms with van der Waals surface area (Å²) in [6, 6.07) is 21.6. The van der Waals surface area contributed by atoms with Crippen molar-refractivity contribution in [3.05, 3.63) is 71.8 Å². The number of hydrogen-bond acceptors (Lipinski definition) is 2. The number of nitrogens with zero attached hydrogens (tertiary/aromatic N) is 1. The van der Waals surface area contributed by atoms with Gasteiger partial charge in [0.1, 0.15) is 6.29 Å². The Morgan fingerprint density at radius 2 is 1.43 bits per heavy atom. The van der Waals surface area contributed by atoms with Crippen LogP contribution in [0.4, 0.5) is 0 Å². The van der Waals surface area contributed by atoms with Gasteiger partial charge in [0.05, 0.1) is 0 Å². The van der Waals surface area contributed by atoms with Gasteiger partial charge in [-0.3, -0.25) is 0 Å². The maximum Gasteiger partial charge on any atom is 0.123 e. The molecule has 0 spiro atoms. The molecule has 2 aromatic carbocycles. The molecule has 0 atom stereocenters. The van der Waals surface area contributed by atoms with Gasteiger partial charge >= 0.3 is 0 Å². The van der Waals surface area contributed by atoms with Crippen molar-refractivity contribution in [3.63, 3.8) is 0 Å². The van der Waals surface area contributed by atoms with Crippen LogP contribution >= 0.6 is 0 Å². The van der Waals surface area contributed by atoms with Crippen LogP contribution in [-0.2, 0) is 4.79 Å². The van der Waals surface area contributed by atoms with Gasteiger partial charge in [0.25, 0.3) is 0 Å². The van der Waals surface area contributed by atoms with Crippen molar-refractivity contribution < 1.29 is 4.79 Å². The first kappa shape index (κ1) is 15.9. The Labute approximate surface area is 139 Å². The van der Waals surface area contributed by atoms with Crippen molar-refractivity contribution in [1.82, 2.24) is 4.90 Å². The highest BCUT2D eigenvalue weighted by molar-refractivity contribution is 5.53. The summed E-state index contributed by atoms with van der Waals surface area (Å²) in [7, 11) is 0. The Morgan fingerprint density at radius 1 is 0.913 bits per heavy atom. The molecule has 0 radical (unpaired) electrons. The van der Waals surface area contributed by atoms with Crippen molar-refractivity contribution in [1.29, 1.82) is 0 Å². The molecule has 1 heterocycles. The predicted octanol–water partition coefficient (Wildman–Crippen LogP) is 4.12. The SMILES string of the molecule is O=CC1CCN(CCC(c2ccccc2)c2ccccc2)CC1. The van der Waals surface area contributed by atoms with Crippen molar-refractivity contribution in [2.75, 3.05) is 19.6 Å². The number of likely N-dealkylation sites (tertiary alicyclic amines) is 1. The minimum absolute atomic E-state index is 0.283. The van der Waals surface area contributed by atoms with Crippen LogP contribution in [-0.4, -0.2) is 30.8 Å². The normalized spacial score (nSPS) is 16.6. The van der Waals surface area contributed by atoms with Gasteiger partial charge in [-0.15, -0.1) is 0 Å². The van der Waals surface area contributed by atoms with Crippen LogP contribution in [0.15, 0.2) is 60.7 Å². The summed E-state index contributed by atoms with van der Waals surface area (Å²) < 4.78 is 0. The van der Waals surface area contributed by atoms with Gasteiger partial charge in [0.15, 0.2) is 0 Å². The number of benzene rings is 2. The summed E-state index contributed by atoms with van der Waals surface area (Å²) in [6.07, 6.45) is 4.30. The summed E-state index contributed by atoms with van der Waals surface area (Å²) in [4.78, 5) is 13.4. The molecule has 120 valence electrons. The molecule has 0 aromatic heterocycles. The van der Waals surface area contributed by atoms with Crippen LogP contribution in [0, 0.1) is 5.92 Å². The van der Waals surface area contributed by atoms with Gasteiger partial charge in [0.2, 0.25) is 0 Å². The molecule has 0 aliphatic carbocycles. The van der Waals surface area contributed by atoms with E-state index in [2.05, 4.69) is 65.6 Å². The van der Waals surface area contributed by atoms with Crippen molar-refractivity contribution in [2.45, 2.75) is 25.2 Å². The second-order valence-corrected chi connectivity index (χ2v) is 6.48. The maximum absolute atomic E-state index is 10.9. The quantitative estimate of drug-likeness (QED) is 0.748. The zero-order chi connectivity index (χ0) is 15.9. The van der Waals surface area contributed by atoms with E-state index in [1.807, 2.05) is 0 Å². The van der Waals surface area contributed by atoms with E-state index in [4.69, 9.17) is 0 Å². The third-order valence-electron chi connectivity index (χ3n) is 4.96. The topological polar surface area (TPSA) is 20.3 Å². The van der Waals surface area contributed by atoms with Crippen LogP contribution in [0.1, 0.15) is 36.3 Å². The van der Waals surface area contributed by atoms with E-state index in [1.54, 1.807) is 0 Å². The lowest BCUT2D eigenvalue weighted by Crippen LogP contribution is -2.35. The fourth-order valence-electron chi connectivity index (χ4n) is 3.52. The van der Waals surface area contributed by atoms with Gasteiger partial charge in [-0.25, -0.2) is 0 Å². The molecule has 23 heavy (non-hydrogen) atoms. The van der Waals surface area contributed by atoms with Crippen molar-refractivity contribution >= 4 is 6.29 Å². The van der Waals surface area contributed by atoms with Crippen LogP contribution < -0.4 is 0 Å².